The molecule has 0 fully saturated rings. The van der Waals surface area contributed by atoms with Crippen LogP contribution in [0.25, 0.3) is 0 Å². The molecule has 1 aromatic rings. The monoisotopic (exact) mass is 263 g/mol. The average molecular weight is 263 g/mol. The highest BCUT2D eigenvalue weighted by Crippen LogP contribution is 1.92. The quantitative estimate of drug-likeness (QED) is 0.433. The van der Waals surface area contributed by atoms with Gasteiger partial charge >= 0.3 is 0 Å². The molecule has 0 atom stereocenters. The van der Waals surface area contributed by atoms with Gasteiger partial charge in [-0.05, 0) is 39.2 Å². The molecule has 0 aromatic carbocycles. The van der Waals surface area contributed by atoms with Crippen molar-refractivity contribution in [2.45, 2.75) is 12.8 Å². The number of hydrogen-bond donors (Lipinski definition) is 2. The van der Waals surface area contributed by atoms with E-state index in [4.69, 9.17) is 0 Å². The van der Waals surface area contributed by atoms with Gasteiger partial charge in [-0.3, -0.25) is 9.98 Å². The second-order valence-electron chi connectivity index (χ2n) is 4.65. The smallest absolute Gasteiger partial charge is 0.190 e. The zero-order chi connectivity index (χ0) is 13.9. The van der Waals surface area contributed by atoms with Crippen molar-refractivity contribution in [2.75, 3.05) is 40.8 Å². The summed E-state index contributed by atoms with van der Waals surface area (Å²) in [5.74, 6) is 0.856. The summed E-state index contributed by atoms with van der Waals surface area (Å²) in [7, 11) is 5.96. The summed E-state index contributed by atoms with van der Waals surface area (Å²) in [4.78, 5) is 10.7. The van der Waals surface area contributed by atoms with Crippen molar-refractivity contribution < 1.29 is 0 Å². The van der Waals surface area contributed by atoms with Gasteiger partial charge in [0.2, 0.25) is 0 Å². The minimum absolute atomic E-state index is 0.838. The van der Waals surface area contributed by atoms with Crippen molar-refractivity contribution in [3.05, 3.63) is 30.1 Å². The van der Waals surface area contributed by atoms with Crippen LogP contribution in [0, 0.1) is 0 Å². The molecule has 0 spiro atoms. The molecule has 0 aliphatic carbocycles. The Bertz CT molecular complexity index is 361. The molecule has 0 aliphatic rings. The predicted octanol–water partition coefficient (Wildman–Crippen LogP) is 0.741. The number of nitrogens with zero attached hydrogens (tertiary/aromatic N) is 3. The summed E-state index contributed by atoms with van der Waals surface area (Å²) >= 11 is 0. The van der Waals surface area contributed by atoms with Gasteiger partial charge in [-0.2, -0.15) is 0 Å². The van der Waals surface area contributed by atoms with Gasteiger partial charge in [-0.25, -0.2) is 0 Å². The molecule has 0 radical (unpaired) electrons. The topological polar surface area (TPSA) is 52.6 Å². The van der Waals surface area contributed by atoms with E-state index in [1.54, 1.807) is 7.05 Å². The lowest BCUT2D eigenvalue weighted by atomic mass is 10.3. The van der Waals surface area contributed by atoms with Crippen LogP contribution in [-0.4, -0.2) is 56.6 Å². The van der Waals surface area contributed by atoms with E-state index in [2.05, 4.69) is 39.6 Å². The molecule has 0 bridgehead atoms. The van der Waals surface area contributed by atoms with E-state index < -0.39 is 0 Å². The van der Waals surface area contributed by atoms with Gasteiger partial charge < -0.3 is 15.5 Å². The number of rotatable bonds is 7. The first kappa shape index (κ1) is 15.4. The standard InChI is InChI=1S/C14H25N5/c1-15-14(17-10-6-12-19(2)3)18-11-8-13-7-4-5-9-16-13/h4-5,7,9H,6,8,10-12H2,1-3H3,(H2,15,17,18). The van der Waals surface area contributed by atoms with Crippen LogP contribution in [0.1, 0.15) is 12.1 Å². The molecule has 0 saturated heterocycles. The lowest BCUT2D eigenvalue weighted by molar-refractivity contribution is 0.399. The lowest BCUT2D eigenvalue weighted by Crippen LogP contribution is -2.39. The molecule has 5 heteroatoms. The third kappa shape index (κ3) is 7.41. The summed E-state index contributed by atoms with van der Waals surface area (Å²) in [6.07, 6.45) is 3.83. The van der Waals surface area contributed by atoms with Gasteiger partial charge in [-0.1, -0.05) is 6.07 Å². The molecule has 0 aliphatic heterocycles. The maximum Gasteiger partial charge on any atom is 0.190 e. The molecule has 19 heavy (non-hydrogen) atoms. The number of pyridine rings is 1. The Morgan fingerprint density at radius 2 is 2.05 bits per heavy atom. The third-order valence-electron chi connectivity index (χ3n) is 2.70. The van der Waals surface area contributed by atoms with Crippen LogP contribution in [-0.2, 0) is 6.42 Å². The third-order valence-corrected chi connectivity index (χ3v) is 2.70. The Hall–Kier alpha value is -1.62. The maximum absolute atomic E-state index is 4.29. The second-order valence-corrected chi connectivity index (χ2v) is 4.65. The first-order valence-electron chi connectivity index (χ1n) is 6.71. The number of hydrogen-bond acceptors (Lipinski definition) is 3. The highest BCUT2D eigenvalue weighted by atomic mass is 15.2. The fraction of sp³-hybridized carbons (Fsp3) is 0.571. The van der Waals surface area contributed by atoms with Crippen molar-refractivity contribution in [1.82, 2.24) is 20.5 Å². The van der Waals surface area contributed by atoms with Gasteiger partial charge in [0.15, 0.2) is 5.96 Å². The first-order valence-corrected chi connectivity index (χ1v) is 6.71. The molecule has 0 saturated carbocycles. The van der Waals surface area contributed by atoms with Crippen LogP contribution >= 0.6 is 0 Å². The van der Waals surface area contributed by atoms with Gasteiger partial charge in [0.05, 0.1) is 0 Å². The zero-order valence-electron chi connectivity index (χ0n) is 12.2. The molecule has 1 heterocycles. The Balaban J connectivity index is 2.15. The van der Waals surface area contributed by atoms with E-state index >= 15 is 0 Å². The Kier molecular flexibility index (Phi) is 7.58. The number of nitrogens with one attached hydrogen (secondary N) is 2. The number of aromatic nitrogens is 1. The SMILES string of the molecule is CN=C(NCCCN(C)C)NCCc1ccccn1. The maximum atomic E-state index is 4.29. The van der Waals surface area contributed by atoms with Gasteiger partial charge in [0.1, 0.15) is 0 Å². The second kappa shape index (κ2) is 9.33. The van der Waals surface area contributed by atoms with Crippen molar-refractivity contribution >= 4 is 5.96 Å². The van der Waals surface area contributed by atoms with E-state index in [9.17, 15) is 0 Å². The predicted molar refractivity (Wildman–Crippen MR) is 80.5 cm³/mol. The molecule has 1 rings (SSSR count). The molecule has 2 N–H and O–H groups in total. The largest absolute Gasteiger partial charge is 0.356 e. The first-order chi connectivity index (χ1) is 9.22. The lowest BCUT2D eigenvalue weighted by Gasteiger charge is -2.13. The molecule has 106 valence electrons. The van der Waals surface area contributed by atoms with E-state index in [-0.39, 0.29) is 0 Å². The number of aliphatic imine (C=N–C) groups is 1. The Labute approximate surface area is 116 Å². The van der Waals surface area contributed by atoms with Crippen LogP contribution in [0.4, 0.5) is 0 Å². The summed E-state index contributed by atoms with van der Waals surface area (Å²) < 4.78 is 0. The van der Waals surface area contributed by atoms with Crippen LogP contribution in [0.5, 0.6) is 0 Å². The van der Waals surface area contributed by atoms with Crippen molar-refractivity contribution in [3.8, 4) is 0 Å². The van der Waals surface area contributed by atoms with Gasteiger partial charge in [0, 0.05) is 38.4 Å². The summed E-state index contributed by atoms with van der Waals surface area (Å²) in [5.41, 5.74) is 1.10. The normalized spacial score (nSPS) is 11.7. The summed E-state index contributed by atoms with van der Waals surface area (Å²) in [6, 6.07) is 5.98. The van der Waals surface area contributed by atoms with Crippen LogP contribution < -0.4 is 10.6 Å². The molecule has 1 aromatic heterocycles. The average Bonchev–Trinajstić information content (AvgIpc) is 2.42. The minimum atomic E-state index is 0.838. The summed E-state index contributed by atoms with van der Waals surface area (Å²) in [5, 5.41) is 6.59. The van der Waals surface area contributed by atoms with Gasteiger partial charge in [0.25, 0.3) is 0 Å². The summed E-state index contributed by atoms with van der Waals surface area (Å²) in [6.45, 7) is 2.85. The molecule has 0 amide bonds. The minimum Gasteiger partial charge on any atom is -0.356 e. The van der Waals surface area contributed by atoms with Crippen LogP contribution in [0.3, 0.4) is 0 Å². The van der Waals surface area contributed by atoms with E-state index in [0.717, 1.165) is 44.1 Å². The van der Waals surface area contributed by atoms with Crippen molar-refractivity contribution in [1.29, 1.82) is 0 Å². The highest BCUT2D eigenvalue weighted by Gasteiger charge is 1.98. The van der Waals surface area contributed by atoms with Crippen LogP contribution in [0.2, 0.25) is 0 Å². The van der Waals surface area contributed by atoms with E-state index in [1.807, 2.05) is 24.4 Å². The van der Waals surface area contributed by atoms with Crippen LogP contribution in [0.15, 0.2) is 29.4 Å². The van der Waals surface area contributed by atoms with Gasteiger partial charge in [-0.15, -0.1) is 0 Å². The molecule has 0 unspecified atom stereocenters. The zero-order valence-corrected chi connectivity index (χ0v) is 12.2. The molecular weight excluding hydrogens is 238 g/mol. The van der Waals surface area contributed by atoms with E-state index in [1.165, 1.54) is 0 Å². The number of guanidine groups is 1. The fourth-order valence-corrected chi connectivity index (χ4v) is 1.68. The molecule has 5 nitrogen and oxygen atoms in total. The highest BCUT2D eigenvalue weighted by molar-refractivity contribution is 5.79. The van der Waals surface area contributed by atoms with E-state index in [0.29, 0.717) is 0 Å². The molecular formula is C14H25N5. The van der Waals surface area contributed by atoms with Crippen molar-refractivity contribution in [3.63, 3.8) is 0 Å². The fourth-order valence-electron chi connectivity index (χ4n) is 1.68. The Morgan fingerprint density at radius 1 is 1.26 bits per heavy atom. The Morgan fingerprint density at radius 3 is 2.68 bits per heavy atom. The van der Waals surface area contributed by atoms with Crippen molar-refractivity contribution in [2.24, 2.45) is 4.99 Å².